The van der Waals surface area contributed by atoms with Crippen LogP contribution in [0.5, 0.6) is 0 Å². The molecule has 0 bridgehead atoms. The molecule has 1 aliphatic carbocycles. The molecule has 3 aromatic rings. The average molecular weight is 469 g/mol. The fourth-order valence-corrected chi connectivity index (χ4v) is 5.63. The Balaban J connectivity index is 1.25. The lowest BCUT2D eigenvalue weighted by Gasteiger charge is -2.41. The number of rotatable bonds is 4. The van der Waals surface area contributed by atoms with Crippen LogP contribution in [0.3, 0.4) is 0 Å². The van der Waals surface area contributed by atoms with Crippen molar-refractivity contribution in [2.75, 3.05) is 23.7 Å². The van der Waals surface area contributed by atoms with Gasteiger partial charge >= 0.3 is 0 Å². The van der Waals surface area contributed by atoms with Crippen LogP contribution in [-0.4, -0.2) is 38.2 Å². The van der Waals surface area contributed by atoms with E-state index in [1.54, 1.807) is 18.5 Å². The Morgan fingerprint density at radius 2 is 2.00 bits per heavy atom. The highest BCUT2D eigenvalue weighted by Crippen LogP contribution is 2.50. The number of nitrogen functional groups attached to an aromatic ring is 1. The lowest BCUT2D eigenvalue weighted by atomic mass is 9.73. The Hall–Kier alpha value is -2.49. The second-order valence-corrected chi connectivity index (χ2v) is 9.88. The first kappa shape index (κ1) is 21.4. The number of anilines is 2. The molecule has 0 radical (unpaired) electrons. The molecule has 166 valence electrons. The number of hydrogen-bond donors (Lipinski definition) is 2. The SMILES string of the molecule is CCc1cnc2c(c1)[C@@H](N)C1(CCN(c3ncc(Sc4ccnc(N)c4Cl)nn3)CC1)C2. The summed E-state index contributed by atoms with van der Waals surface area (Å²) >= 11 is 7.58. The molecule has 5 rings (SSSR count). The number of pyridine rings is 2. The van der Waals surface area contributed by atoms with Gasteiger partial charge in [0.15, 0.2) is 0 Å². The molecular formula is C22H25ClN8S. The van der Waals surface area contributed by atoms with Crippen molar-refractivity contribution in [1.29, 1.82) is 0 Å². The van der Waals surface area contributed by atoms with Crippen LogP contribution in [0.2, 0.25) is 5.02 Å². The second-order valence-electron chi connectivity index (χ2n) is 8.44. The van der Waals surface area contributed by atoms with E-state index in [0.717, 1.165) is 49.4 Å². The third-order valence-corrected chi connectivity index (χ3v) is 8.11. The first-order valence-electron chi connectivity index (χ1n) is 10.7. The zero-order chi connectivity index (χ0) is 22.3. The largest absolute Gasteiger partial charge is 0.382 e. The van der Waals surface area contributed by atoms with Gasteiger partial charge in [0.25, 0.3) is 0 Å². The molecule has 10 heteroatoms. The Morgan fingerprint density at radius 3 is 2.72 bits per heavy atom. The number of aromatic nitrogens is 5. The van der Waals surface area contributed by atoms with Crippen molar-refractivity contribution in [3.05, 3.63) is 52.6 Å². The first-order valence-corrected chi connectivity index (χ1v) is 11.9. The van der Waals surface area contributed by atoms with Gasteiger partial charge in [-0.25, -0.2) is 9.97 Å². The number of piperidine rings is 1. The predicted molar refractivity (Wildman–Crippen MR) is 126 cm³/mol. The van der Waals surface area contributed by atoms with E-state index in [1.807, 2.05) is 6.20 Å². The number of halogens is 1. The van der Waals surface area contributed by atoms with Crippen molar-refractivity contribution in [1.82, 2.24) is 25.1 Å². The molecule has 32 heavy (non-hydrogen) atoms. The lowest BCUT2D eigenvalue weighted by molar-refractivity contribution is 0.186. The van der Waals surface area contributed by atoms with Crippen molar-refractivity contribution in [2.45, 2.75) is 48.6 Å². The Labute approximate surface area is 196 Å². The fraction of sp³-hybridized carbons (Fsp3) is 0.409. The van der Waals surface area contributed by atoms with Crippen molar-refractivity contribution in [3.63, 3.8) is 0 Å². The molecule has 1 fully saturated rings. The number of nitrogens with two attached hydrogens (primary N) is 2. The van der Waals surface area contributed by atoms with Gasteiger partial charge in [-0.05, 0) is 48.3 Å². The third-order valence-electron chi connectivity index (χ3n) is 6.65. The zero-order valence-electron chi connectivity index (χ0n) is 17.8. The van der Waals surface area contributed by atoms with E-state index in [-0.39, 0.29) is 11.5 Å². The molecule has 8 nitrogen and oxygen atoms in total. The van der Waals surface area contributed by atoms with Crippen LogP contribution in [0.1, 0.15) is 42.6 Å². The fourth-order valence-electron chi connectivity index (χ4n) is 4.66. The summed E-state index contributed by atoms with van der Waals surface area (Å²) in [5.74, 6) is 0.935. The summed E-state index contributed by atoms with van der Waals surface area (Å²) < 4.78 is 0. The van der Waals surface area contributed by atoms with Gasteiger partial charge in [0.1, 0.15) is 10.8 Å². The zero-order valence-corrected chi connectivity index (χ0v) is 19.4. The molecule has 3 aromatic heterocycles. The molecule has 4 heterocycles. The van der Waals surface area contributed by atoms with Gasteiger partial charge in [-0.15, -0.1) is 10.2 Å². The highest BCUT2D eigenvalue weighted by molar-refractivity contribution is 7.99. The predicted octanol–water partition coefficient (Wildman–Crippen LogP) is 3.45. The van der Waals surface area contributed by atoms with Gasteiger partial charge in [-0.1, -0.05) is 36.4 Å². The maximum Gasteiger partial charge on any atom is 0.245 e. The highest BCUT2D eigenvalue weighted by atomic mass is 35.5. The number of aryl methyl sites for hydroxylation is 1. The van der Waals surface area contributed by atoms with E-state index < -0.39 is 0 Å². The van der Waals surface area contributed by atoms with E-state index in [9.17, 15) is 0 Å². The van der Waals surface area contributed by atoms with Crippen LogP contribution in [0.4, 0.5) is 11.8 Å². The molecule has 1 atom stereocenters. The molecule has 0 saturated carbocycles. The molecule has 1 saturated heterocycles. The molecule has 0 aromatic carbocycles. The second kappa shape index (κ2) is 8.46. The maximum atomic E-state index is 6.75. The highest BCUT2D eigenvalue weighted by Gasteiger charge is 2.47. The summed E-state index contributed by atoms with van der Waals surface area (Å²) in [7, 11) is 0. The minimum absolute atomic E-state index is 0.0361. The van der Waals surface area contributed by atoms with Crippen LogP contribution in [0.15, 0.2) is 40.6 Å². The molecule has 1 spiro atoms. The van der Waals surface area contributed by atoms with Gasteiger partial charge in [0.05, 0.1) is 11.2 Å². The Morgan fingerprint density at radius 1 is 1.19 bits per heavy atom. The van der Waals surface area contributed by atoms with Crippen LogP contribution in [0.25, 0.3) is 0 Å². The van der Waals surface area contributed by atoms with Crippen molar-refractivity contribution in [3.8, 4) is 0 Å². The normalized spacial score (nSPS) is 19.3. The van der Waals surface area contributed by atoms with Gasteiger partial charge in [0.2, 0.25) is 5.95 Å². The topological polar surface area (TPSA) is 120 Å². The van der Waals surface area contributed by atoms with Gasteiger partial charge in [-0.2, -0.15) is 0 Å². The van der Waals surface area contributed by atoms with Gasteiger partial charge in [-0.3, -0.25) is 4.98 Å². The Kier molecular flexibility index (Phi) is 5.65. The summed E-state index contributed by atoms with van der Waals surface area (Å²) in [6.45, 7) is 3.85. The third kappa shape index (κ3) is 3.78. The summed E-state index contributed by atoms with van der Waals surface area (Å²) in [5, 5.41) is 9.76. The van der Waals surface area contributed by atoms with Crippen molar-refractivity contribution < 1.29 is 0 Å². The minimum atomic E-state index is 0.0361. The molecule has 4 N–H and O–H groups in total. The van der Waals surface area contributed by atoms with Crippen LogP contribution in [-0.2, 0) is 12.8 Å². The van der Waals surface area contributed by atoms with Crippen molar-refractivity contribution in [2.24, 2.45) is 11.1 Å². The molecule has 2 aliphatic rings. The lowest BCUT2D eigenvalue weighted by Crippen LogP contribution is -2.45. The number of fused-ring (bicyclic) bond motifs is 1. The number of hydrogen-bond acceptors (Lipinski definition) is 9. The van der Waals surface area contributed by atoms with Gasteiger partial charge in [0, 0.05) is 42.1 Å². The first-order chi connectivity index (χ1) is 15.5. The Bertz CT molecular complexity index is 1130. The van der Waals surface area contributed by atoms with Crippen molar-refractivity contribution >= 4 is 35.1 Å². The van der Waals surface area contributed by atoms with Crippen LogP contribution < -0.4 is 16.4 Å². The number of nitrogens with zero attached hydrogens (tertiary/aromatic N) is 6. The van der Waals surface area contributed by atoms with E-state index in [2.05, 4.69) is 38.1 Å². The molecule has 0 amide bonds. The monoisotopic (exact) mass is 468 g/mol. The minimum Gasteiger partial charge on any atom is -0.382 e. The van der Waals surface area contributed by atoms with E-state index >= 15 is 0 Å². The molecule has 1 aliphatic heterocycles. The molecule has 0 unspecified atom stereocenters. The quantitative estimate of drug-likeness (QED) is 0.592. The summed E-state index contributed by atoms with van der Waals surface area (Å²) in [6.07, 6.45) is 9.23. The average Bonchev–Trinajstić information content (AvgIpc) is 3.08. The van der Waals surface area contributed by atoms with Crippen LogP contribution >= 0.6 is 23.4 Å². The maximum absolute atomic E-state index is 6.75. The standard InChI is InChI=1S/C22H25ClN8S/c1-2-13-9-14-15(27-11-13)10-22(19(14)24)4-7-31(8-5-22)21-28-12-17(29-30-21)32-16-3-6-26-20(25)18(16)23/h3,6,9,11-12,19H,2,4-5,7-8,10,24H2,1H3,(H2,25,26)/t19-/m1/s1. The van der Waals surface area contributed by atoms with E-state index in [4.69, 9.17) is 28.1 Å². The summed E-state index contributed by atoms with van der Waals surface area (Å²) in [4.78, 5) is 16.2. The smallest absolute Gasteiger partial charge is 0.245 e. The van der Waals surface area contributed by atoms with Crippen LogP contribution in [0, 0.1) is 5.41 Å². The summed E-state index contributed by atoms with van der Waals surface area (Å²) in [6, 6.07) is 4.08. The van der Waals surface area contributed by atoms with Gasteiger partial charge < -0.3 is 16.4 Å². The molecular weight excluding hydrogens is 444 g/mol. The van der Waals surface area contributed by atoms with E-state index in [0.29, 0.717) is 21.8 Å². The summed E-state index contributed by atoms with van der Waals surface area (Å²) in [5.41, 5.74) is 16.2. The van der Waals surface area contributed by atoms with E-state index in [1.165, 1.54) is 22.9 Å².